The predicted octanol–water partition coefficient (Wildman–Crippen LogP) is 16.0. The molecule has 0 saturated heterocycles. The first-order chi connectivity index (χ1) is 32.6. The smallest absolute Gasteiger partial charge is 0.252 e. The van der Waals surface area contributed by atoms with Crippen molar-refractivity contribution in [1.29, 1.82) is 0 Å². The van der Waals surface area contributed by atoms with Crippen molar-refractivity contribution in [2.45, 2.75) is 78.6 Å². The zero-order chi connectivity index (χ0) is 46.9. The Balaban J connectivity index is 1.14. The van der Waals surface area contributed by atoms with Crippen molar-refractivity contribution >= 4 is 89.9 Å². The molecule has 0 saturated carbocycles. The fraction of sp³-hybridized carbons (Fsp3) is 0.188. The van der Waals surface area contributed by atoms with Crippen LogP contribution in [0, 0.1) is 0 Å². The predicted molar refractivity (Wildman–Crippen MR) is 292 cm³/mol. The third-order valence-electron chi connectivity index (χ3n) is 14.7. The number of para-hydroxylation sites is 2. The Hall–Kier alpha value is -7.30. The molecule has 0 bridgehead atoms. The Morgan fingerprint density at radius 2 is 0.941 bits per heavy atom. The van der Waals surface area contributed by atoms with Crippen LogP contribution >= 0.6 is 0 Å². The van der Waals surface area contributed by atoms with Gasteiger partial charge in [-0.2, -0.15) is 0 Å². The Morgan fingerprint density at radius 1 is 0.368 bits per heavy atom. The Labute approximate surface area is 401 Å². The second kappa shape index (κ2) is 15.1. The lowest BCUT2D eigenvalue weighted by Crippen LogP contribution is -2.61. The number of nitrogens with zero attached hydrogens (tertiary/aromatic N) is 2. The van der Waals surface area contributed by atoms with Crippen LogP contribution in [0.4, 0.5) is 34.1 Å². The number of furan rings is 1. The van der Waals surface area contributed by atoms with Crippen molar-refractivity contribution in [1.82, 2.24) is 0 Å². The summed E-state index contributed by atoms with van der Waals surface area (Å²) in [6, 6.07) is 68.2. The van der Waals surface area contributed by atoms with Crippen LogP contribution in [0.5, 0.6) is 0 Å². The van der Waals surface area contributed by atoms with Gasteiger partial charge in [-0.05, 0) is 120 Å². The van der Waals surface area contributed by atoms with Gasteiger partial charge in [0.25, 0.3) is 6.71 Å². The van der Waals surface area contributed by atoms with Gasteiger partial charge in [0.1, 0.15) is 11.2 Å². The summed E-state index contributed by atoms with van der Waals surface area (Å²) in [6.45, 7) is 21.1. The maximum atomic E-state index is 6.56. The molecule has 4 heteroatoms. The summed E-state index contributed by atoms with van der Waals surface area (Å²) in [6.07, 6.45) is 0. The zero-order valence-electron chi connectivity index (χ0n) is 40.7. The normalized spacial score (nSPS) is 13.6. The molecule has 68 heavy (non-hydrogen) atoms. The van der Waals surface area contributed by atoms with E-state index in [0.29, 0.717) is 0 Å². The number of anilines is 6. The monoisotopic (exact) mass is 880 g/mol. The highest BCUT2D eigenvalue weighted by Gasteiger charge is 2.45. The van der Waals surface area contributed by atoms with E-state index in [-0.39, 0.29) is 23.0 Å². The van der Waals surface area contributed by atoms with Gasteiger partial charge < -0.3 is 14.2 Å². The maximum absolute atomic E-state index is 6.56. The molecule has 0 spiro atoms. The van der Waals surface area contributed by atoms with Crippen LogP contribution in [0.3, 0.4) is 0 Å². The van der Waals surface area contributed by atoms with Crippen LogP contribution in [0.15, 0.2) is 186 Å². The molecule has 332 valence electrons. The minimum absolute atomic E-state index is 0.00246. The van der Waals surface area contributed by atoms with Gasteiger partial charge in [0.05, 0.1) is 5.69 Å². The minimum Gasteiger partial charge on any atom is -0.455 e. The molecule has 2 aliphatic rings. The maximum Gasteiger partial charge on any atom is 0.252 e. The SMILES string of the molecule is CC(C)(C)c1ccc2c(c1)B1c3ccc(C(C)(C)C)cc3N(c3ccc(-c4cccc5c4oc4ccccc45)cc3)c3cc(C(C)(C)C)cc(c31)N2c1cccc2c(-c3ccccc3)cccc12. The van der Waals surface area contributed by atoms with Gasteiger partial charge in [-0.25, -0.2) is 0 Å². The van der Waals surface area contributed by atoms with E-state index in [1.54, 1.807) is 0 Å². The lowest BCUT2D eigenvalue weighted by molar-refractivity contribution is 0.589. The molecule has 3 heterocycles. The van der Waals surface area contributed by atoms with Crippen LogP contribution in [0.2, 0.25) is 0 Å². The molecule has 0 aliphatic carbocycles. The lowest BCUT2D eigenvalue weighted by atomic mass is 9.33. The summed E-state index contributed by atoms with van der Waals surface area (Å²) in [5.41, 5.74) is 21.4. The van der Waals surface area contributed by atoms with Crippen molar-refractivity contribution in [3.63, 3.8) is 0 Å². The van der Waals surface area contributed by atoms with Crippen molar-refractivity contribution in [3.05, 3.63) is 199 Å². The van der Waals surface area contributed by atoms with Gasteiger partial charge in [0, 0.05) is 50.2 Å². The average molecular weight is 881 g/mol. The Morgan fingerprint density at radius 3 is 1.68 bits per heavy atom. The van der Waals surface area contributed by atoms with Crippen molar-refractivity contribution in [3.8, 4) is 22.3 Å². The molecule has 0 fully saturated rings. The first kappa shape index (κ1) is 42.1. The topological polar surface area (TPSA) is 19.6 Å². The molecule has 10 aromatic rings. The van der Waals surface area contributed by atoms with Gasteiger partial charge in [0.2, 0.25) is 0 Å². The summed E-state index contributed by atoms with van der Waals surface area (Å²) in [4.78, 5) is 5.18. The highest BCUT2D eigenvalue weighted by molar-refractivity contribution is 7.00. The molecular formula is C64H57BN2O. The van der Waals surface area contributed by atoms with Crippen LogP contribution in [0.1, 0.15) is 79.0 Å². The fourth-order valence-corrected chi connectivity index (χ4v) is 11.0. The highest BCUT2D eigenvalue weighted by atomic mass is 16.3. The van der Waals surface area contributed by atoms with Gasteiger partial charge in [-0.15, -0.1) is 0 Å². The summed E-state index contributed by atoms with van der Waals surface area (Å²) in [5.74, 6) is 0. The van der Waals surface area contributed by atoms with Crippen LogP contribution in [0.25, 0.3) is 55.0 Å². The fourth-order valence-electron chi connectivity index (χ4n) is 11.0. The number of rotatable bonds is 4. The lowest BCUT2D eigenvalue weighted by Gasteiger charge is -2.46. The van der Waals surface area contributed by atoms with E-state index in [9.17, 15) is 0 Å². The van der Waals surface area contributed by atoms with Gasteiger partial charge >= 0.3 is 0 Å². The van der Waals surface area contributed by atoms with Crippen LogP contribution < -0.4 is 26.2 Å². The van der Waals surface area contributed by atoms with Gasteiger partial charge in [-0.3, -0.25) is 0 Å². The molecule has 3 nitrogen and oxygen atoms in total. The van der Waals surface area contributed by atoms with Crippen molar-refractivity contribution < 1.29 is 4.42 Å². The third kappa shape index (κ3) is 6.63. The Kier molecular flexibility index (Phi) is 9.35. The molecule has 0 amide bonds. The molecule has 0 atom stereocenters. The molecule has 0 unspecified atom stereocenters. The number of benzene rings is 9. The largest absolute Gasteiger partial charge is 0.455 e. The highest BCUT2D eigenvalue weighted by Crippen LogP contribution is 2.49. The first-order valence-electron chi connectivity index (χ1n) is 24.3. The van der Waals surface area contributed by atoms with Gasteiger partial charge in [0.15, 0.2) is 0 Å². The second-order valence-electron chi connectivity index (χ2n) is 22.2. The van der Waals surface area contributed by atoms with E-state index in [1.165, 1.54) is 83.4 Å². The molecule has 0 N–H and O–H groups in total. The Bertz CT molecular complexity index is 3640. The van der Waals surface area contributed by atoms with E-state index in [2.05, 4.69) is 248 Å². The van der Waals surface area contributed by atoms with Crippen molar-refractivity contribution in [2.24, 2.45) is 0 Å². The van der Waals surface area contributed by atoms with Gasteiger partial charge in [-0.1, -0.05) is 196 Å². The molecule has 2 aliphatic heterocycles. The summed E-state index contributed by atoms with van der Waals surface area (Å²) >= 11 is 0. The molecule has 12 rings (SSSR count). The minimum atomic E-state index is -0.142. The van der Waals surface area contributed by atoms with Crippen LogP contribution in [-0.4, -0.2) is 6.71 Å². The number of fused-ring (bicyclic) bond motifs is 8. The van der Waals surface area contributed by atoms with E-state index >= 15 is 0 Å². The molecule has 9 aromatic carbocycles. The molecular weight excluding hydrogens is 824 g/mol. The second-order valence-corrected chi connectivity index (χ2v) is 22.2. The van der Waals surface area contributed by atoms with Crippen LogP contribution in [-0.2, 0) is 16.2 Å². The summed E-state index contributed by atoms with van der Waals surface area (Å²) < 4.78 is 6.56. The average Bonchev–Trinajstić information content (AvgIpc) is 3.72. The quantitative estimate of drug-likeness (QED) is 0.164. The third-order valence-corrected chi connectivity index (χ3v) is 14.7. The van der Waals surface area contributed by atoms with E-state index in [4.69, 9.17) is 4.42 Å². The summed E-state index contributed by atoms with van der Waals surface area (Å²) in [7, 11) is 0. The van der Waals surface area contributed by atoms with E-state index in [1.807, 2.05) is 6.07 Å². The summed E-state index contributed by atoms with van der Waals surface area (Å²) in [5, 5.41) is 4.75. The number of hydrogen-bond acceptors (Lipinski definition) is 3. The zero-order valence-corrected chi connectivity index (χ0v) is 40.7. The van der Waals surface area contributed by atoms with E-state index < -0.39 is 0 Å². The number of hydrogen-bond donors (Lipinski definition) is 0. The molecule has 1 aromatic heterocycles. The van der Waals surface area contributed by atoms with Crippen molar-refractivity contribution in [2.75, 3.05) is 9.80 Å². The first-order valence-corrected chi connectivity index (χ1v) is 24.3. The molecule has 0 radical (unpaired) electrons. The standard InChI is InChI=1S/C64H57BN2O/c1-62(2,3)42-31-35-55-53(36-42)65-52-34-30-43(63(4,5)6)37-56(52)66(45-32-28-41(29-33-45)47-22-16-25-51-50-20-13-14-27-59(50)68-61(47)51)57-38-44(64(7,8)9)39-58(60(57)65)67(55)54-26-17-23-48-46(21-15-24-49(48)54)40-18-11-10-12-19-40/h10-39H,1-9H3. The van der Waals surface area contributed by atoms with E-state index in [0.717, 1.165) is 38.8 Å².